The number of ketones is 2. The number of rotatable bonds is 5. The van der Waals surface area contributed by atoms with E-state index in [1.807, 2.05) is 11.9 Å². The van der Waals surface area contributed by atoms with Gasteiger partial charge in [0.1, 0.15) is 6.61 Å². The molecule has 0 bridgehead atoms. The Morgan fingerprint density at radius 3 is 2.75 bits per heavy atom. The van der Waals surface area contributed by atoms with Gasteiger partial charge in [-0.05, 0) is 14.0 Å². The number of Topliss-reactive ketones (excluding diaryl/α,β-unsaturated/α-hetero) is 2. The van der Waals surface area contributed by atoms with Gasteiger partial charge in [-0.15, -0.1) is 0 Å². The maximum Gasteiger partial charge on any atom is 0.407 e. The number of nitrogens with two attached hydrogens (primary N) is 1. The van der Waals surface area contributed by atoms with Crippen LogP contribution in [0.4, 0.5) is 4.79 Å². The minimum absolute atomic E-state index is 0.0284. The van der Waals surface area contributed by atoms with Crippen molar-refractivity contribution in [3.8, 4) is 0 Å². The van der Waals surface area contributed by atoms with Crippen molar-refractivity contribution in [2.75, 3.05) is 40.5 Å². The summed E-state index contributed by atoms with van der Waals surface area (Å²) < 4.78 is 11.3. The van der Waals surface area contributed by atoms with E-state index < -0.39 is 23.5 Å². The molecule has 0 radical (unpaired) electrons. The zero-order valence-electron chi connectivity index (χ0n) is 16.0. The molecule has 4 N–H and O–H groups in total. The molecule has 3 heterocycles. The zero-order valence-corrected chi connectivity index (χ0v) is 16.0. The van der Waals surface area contributed by atoms with E-state index in [1.165, 1.54) is 7.11 Å². The summed E-state index contributed by atoms with van der Waals surface area (Å²) >= 11 is 0. The maximum absolute atomic E-state index is 13.0. The number of alkyl carbamates (subject to hydrolysis) is 1. The molecule has 152 valence electrons. The van der Waals surface area contributed by atoms with Crippen molar-refractivity contribution in [1.82, 2.24) is 15.1 Å². The molecule has 0 aromatic heterocycles. The molecule has 4 rings (SSSR count). The molecule has 5 atom stereocenters. The fourth-order valence-electron chi connectivity index (χ4n) is 4.94. The highest BCUT2D eigenvalue weighted by Gasteiger charge is 2.75. The number of fused-ring (bicyclic) bond motifs is 4. The molecule has 0 aromatic rings. The molecule has 0 spiro atoms. The van der Waals surface area contributed by atoms with Gasteiger partial charge in [0.25, 0.3) is 0 Å². The maximum atomic E-state index is 13.0. The van der Waals surface area contributed by atoms with Crippen LogP contribution in [0.15, 0.2) is 22.5 Å². The van der Waals surface area contributed by atoms with Gasteiger partial charge in [-0.2, -0.15) is 0 Å². The highest BCUT2D eigenvalue weighted by molar-refractivity contribution is 6.25. The summed E-state index contributed by atoms with van der Waals surface area (Å²) in [6.45, 7) is 1.78. The van der Waals surface area contributed by atoms with Crippen molar-refractivity contribution in [3.05, 3.63) is 22.5 Å². The van der Waals surface area contributed by atoms with E-state index in [0.717, 1.165) is 0 Å². The minimum atomic E-state index is -0.975. The Balaban J connectivity index is 1.72. The molecule has 28 heavy (non-hydrogen) atoms. The minimum Gasteiger partial charge on any atom is -0.449 e. The first-order valence-corrected chi connectivity index (χ1v) is 9.17. The third-order valence-electron chi connectivity index (χ3n) is 6.36. The molecular formula is C18H24N4O6. The topological polar surface area (TPSA) is 134 Å². The normalized spacial score (nSPS) is 35.8. The number of allylic oxidation sites excluding steroid dienone is 2. The fourth-order valence-corrected chi connectivity index (χ4v) is 4.94. The first-order valence-electron chi connectivity index (χ1n) is 9.17. The number of nitrogens with zero attached hydrogens (tertiary/aromatic N) is 2. The van der Waals surface area contributed by atoms with Crippen LogP contribution >= 0.6 is 0 Å². The number of carbonyl (C=O) groups is 3. The number of hydrogen-bond donors (Lipinski definition) is 3. The van der Waals surface area contributed by atoms with Gasteiger partial charge in [0, 0.05) is 37.4 Å². The van der Waals surface area contributed by atoms with Gasteiger partial charge in [0.2, 0.25) is 11.6 Å². The van der Waals surface area contributed by atoms with Crippen LogP contribution < -0.4 is 11.1 Å². The van der Waals surface area contributed by atoms with Crippen molar-refractivity contribution in [2.45, 2.75) is 24.7 Å². The smallest absolute Gasteiger partial charge is 0.407 e. The molecule has 1 amide bonds. The number of aliphatic hydroxyl groups excluding tert-OH is 1. The lowest BCUT2D eigenvalue weighted by molar-refractivity contribution is -0.144. The SMILES string of the molecule is CO[C@]12[C@@H](COC(=O)NCCO)C3=C(C(=O)C(C)=C(N)C3=O)N1C[C@@H]1[C@H]2N1C. The van der Waals surface area contributed by atoms with Crippen LogP contribution in [0, 0.1) is 5.92 Å². The van der Waals surface area contributed by atoms with Gasteiger partial charge in [-0.1, -0.05) is 0 Å². The number of carbonyl (C=O) groups excluding carboxylic acids is 3. The second-order valence-electron chi connectivity index (χ2n) is 7.50. The quantitative estimate of drug-likeness (QED) is 0.370. The standard InChI is InChI=1S/C18H24N4O6/c1-8-12(19)15(25)11-9(7-28-17(26)20-4-5-23)18(27-3)16-10(21(16)2)6-22(18)13(11)14(8)24/h9-10,16,23H,4-7,19H2,1-3H3,(H,20,26)/t9-,10+,16+,18-,21?/m0/s1. The van der Waals surface area contributed by atoms with E-state index in [4.69, 9.17) is 20.3 Å². The lowest BCUT2D eigenvalue weighted by Gasteiger charge is -2.40. The molecule has 10 nitrogen and oxygen atoms in total. The summed E-state index contributed by atoms with van der Waals surface area (Å²) in [5.74, 6) is -1.36. The van der Waals surface area contributed by atoms with Crippen LogP contribution in [-0.4, -0.2) is 90.8 Å². The van der Waals surface area contributed by atoms with Crippen LogP contribution in [0.2, 0.25) is 0 Å². The number of likely N-dealkylation sites (N-methyl/N-ethyl adjacent to an activating group) is 1. The summed E-state index contributed by atoms with van der Waals surface area (Å²) in [7, 11) is 3.50. The van der Waals surface area contributed by atoms with Crippen molar-refractivity contribution >= 4 is 17.7 Å². The van der Waals surface area contributed by atoms with E-state index in [1.54, 1.807) is 6.92 Å². The molecular weight excluding hydrogens is 368 g/mol. The van der Waals surface area contributed by atoms with Crippen LogP contribution in [0.3, 0.4) is 0 Å². The Hall–Kier alpha value is -2.43. The Labute approximate surface area is 161 Å². The Bertz CT molecular complexity index is 836. The van der Waals surface area contributed by atoms with E-state index in [0.29, 0.717) is 12.2 Å². The molecule has 10 heteroatoms. The number of hydrogen-bond acceptors (Lipinski definition) is 9. The largest absolute Gasteiger partial charge is 0.449 e. The predicted octanol–water partition coefficient (Wildman–Crippen LogP) is -1.69. The summed E-state index contributed by atoms with van der Waals surface area (Å²) in [6, 6.07) is 0.172. The summed E-state index contributed by atoms with van der Waals surface area (Å²) in [4.78, 5) is 41.9. The highest BCUT2D eigenvalue weighted by Crippen LogP contribution is 2.59. The number of amides is 1. The lowest BCUT2D eigenvalue weighted by atomic mass is 9.82. The fraction of sp³-hybridized carbons (Fsp3) is 0.611. The van der Waals surface area contributed by atoms with Gasteiger partial charge in [-0.25, -0.2) is 4.79 Å². The van der Waals surface area contributed by atoms with Crippen molar-refractivity contribution in [2.24, 2.45) is 11.7 Å². The Morgan fingerprint density at radius 2 is 2.11 bits per heavy atom. The third kappa shape index (κ3) is 2.22. The van der Waals surface area contributed by atoms with Crippen LogP contribution in [0.1, 0.15) is 6.92 Å². The van der Waals surface area contributed by atoms with Crippen molar-refractivity contribution in [1.29, 1.82) is 0 Å². The van der Waals surface area contributed by atoms with E-state index in [9.17, 15) is 14.4 Å². The second kappa shape index (κ2) is 6.29. The third-order valence-corrected chi connectivity index (χ3v) is 6.36. The van der Waals surface area contributed by atoms with Gasteiger partial charge in [0.05, 0.1) is 30.0 Å². The number of piperazine rings is 1. The average Bonchev–Trinajstić information content (AvgIpc) is 3.07. The zero-order chi connectivity index (χ0) is 20.4. The van der Waals surface area contributed by atoms with Crippen molar-refractivity contribution in [3.63, 3.8) is 0 Å². The molecule has 2 saturated heterocycles. The number of aliphatic hydroxyl groups is 1. The lowest BCUT2D eigenvalue weighted by Crippen LogP contribution is -2.55. The van der Waals surface area contributed by atoms with Gasteiger partial charge >= 0.3 is 6.09 Å². The monoisotopic (exact) mass is 392 g/mol. The molecule has 2 fully saturated rings. The van der Waals surface area contributed by atoms with E-state index in [2.05, 4.69) is 10.2 Å². The Morgan fingerprint density at radius 1 is 1.39 bits per heavy atom. The summed E-state index contributed by atoms with van der Waals surface area (Å²) in [6.07, 6.45) is -0.714. The molecule has 0 saturated carbocycles. The first-order chi connectivity index (χ1) is 13.3. The van der Waals surface area contributed by atoms with Gasteiger partial charge < -0.3 is 30.5 Å². The average molecular weight is 392 g/mol. The van der Waals surface area contributed by atoms with Crippen LogP contribution in [0.25, 0.3) is 0 Å². The summed E-state index contributed by atoms with van der Waals surface area (Å²) in [5, 5.41) is 11.2. The number of ether oxygens (including phenoxy) is 2. The van der Waals surface area contributed by atoms with E-state index >= 15 is 0 Å². The van der Waals surface area contributed by atoms with Crippen molar-refractivity contribution < 1.29 is 29.0 Å². The molecule has 3 aliphatic heterocycles. The predicted molar refractivity (Wildman–Crippen MR) is 95.6 cm³/mol. The molecule has 1 unspecified atom stereocenters. The Kier molecular flexibility index (Phi) is 4.25. The van der Waals surface area contributed by atoms with Crippen LogP contribution in [-0.2, 0) is 19.1 Å². The molecule has 1 aliphatic carbocycles. The number of methoxy groups -OCH3 is 1. The second-order valence-corrected chi connectivity index (χ2v) is 7.50. The van der Waals surface area contributed by atoms with E-state index in [-0.39, 0.29) is 54.5 Å². The van der Waals surface area contributed by atoms with Gasteiger partial charge in [-0.3, -0.25) is 14.5 Å². The summed E-state index contributed by atoms with van der Waals surface area (Å²) in [5.41, 5.74) is 5.65. The van der Waals surface area contributed by atoms with Crippen LogP contribution in [0.5, 0.6) is 0 Å². The molecule has 4 aliphatic rings. The first kappa shape index (κ1) is 18.9. The molecule has 0 aromatic carbocycles. The van der Waals surface area contributed by atoms with Gasteiger partial charge in [0.15, 0.2) is 5.72 Å². The highest BCUT2D eigenvalue weighted by atomic mass is 16.6. The number of nitrogens with one attached hydrogen (secondary N) is 1.